The third kappa shape index (κ3) is 45.0. The average molecular weight is 2400 g/mol. The molecule has 0 atom stereocenters. The lowest BCUT2D eigenvalue weighted by molar-refractivity contribution is -0.597. The van der Waals surface area contributed by atoms with E-state index in [9.17, 15) is 74.0 Å². The first-order valence-corrected chi connectivity index (χ1v) is 58.8. The Morgan fingerprint density at radius 2 is 0.615 bits per heavy atom. The highest BCUT2D eigenvalue weighted by Gasteiger charge is 2.37. The Labute approximate surface area is 839 Å². The summed E-state index contributed by atoms with van der Waals surface area (Å²) in [7, 11) is -20.6. The molecule has 0 heterocycles. The Kier molecular flexibility index (Phi) is 53.7. The standard InChI is InChI=1S/C24H34IO.C22H30I.C18H22IO.C15H24O3S.C12H10I.C7H8O3S.C6HF5O3S.CHF3O3S/c1-3-5-7-9-11-21-12-14-22(15-13-21)25-23-16-18-24(19-17-23)26-20-10-8-6-4-2;1-7-21(3,4)17-9-13-19(14-10-17)23-20-15-11-18(12-16-20)22(5,6)8-2;1-2-3-4-8-15-20-18-13-11-17(12-14-18)19-16-9-6-5-7-10-16;1-9(2)12-7-13(10(3)4)15(19(16,17)18)14(8-12)11(5)6;1-3-7-11(8-4-1)13-12-9-5-2-6-10-12;1-6-2-4-7(5-3-6)11(8,9)10;7-1-2(8)4(10)6(15(12,13)14)5(11)3(1)9;2-1(3,4)8(5,6)7/h12-19H,3-11,20H2,1-2H3;9-16H,7-8H2,1-6H3;5-7,9-14H,2-4,8,15H2,1H3;7-11H,1-6H3,(H,16,17,18);1-10H;2-5H,1H3,(H,8,9,10);(H,12,13,14);(H,5,6,7)/q3*+1;;+1;;;/p-4. The summed E-state index contributed by atoms with van der Waals surface area (Å²) in [5.41, 5.74) is 2.61. The van der Waals surface area contributed by atoms with Crippen molar-refractivity contribution in [3.05, 3.63) is 345 Å². The Morgan fingerprint density at radius 3 is 0.881 bits per heavy atom. The molecule has 0 aromatic heterocycles. The molecule has 0 bridgehead atoms. The van der Waals surface area contributed by atoms with Crippen LogP contribution in [0.5, 0.6) is 11.5 Å². The van der Waals surface area contributed by atoms with Crippen LogP contribution >= 0.6 is 0 Å². The molecule has 0 fully saturated rings. The fraction of sp³-hybridized carbons (Fsp3) is 0.371. The summed E-state index contributed by atoms with van der Waals surface area (Å²) >= 11 is -0.206. The van der Waals surface area contributed by atoms with Gasteiger partial charge in [-0.25, -0.2) is 55.6 Å². The topological polar surface area (TPSA) is 247 Å². The second-order valence-electron chi connectivity index (χ2n) is 33.4. The van der Waals surface area contributed by atoms with Gasteiger partial charge in [-0.15, -0.1) is 0 Å². The predicted molar refractivity (Wildman–Crippen MR) is 501 cm³/mol. The van der Waals surface area contributed by atoms with Crippen LogP contribution in [0.4, 0.5) is 35.1 Å². The lowest BCUT2D eigenvalue weighted by atomic mass is 9.82. The molecule has 0 radical (unpaired) electrons. The van der Waals surface area contributed by atoms with Gasteiger partial charge in [0.15, 0.2) is 61.9 Å². The van der Waals surface area contributed by atoms with Crippen molar-refractivity contribution in [3.8, 4) is 11.5 Å². The average Bonchev–Trinajstić information content (AvgIpc) is 0.776. The van der Waals surface area contributed by atoms with Gasteiger partial charge in [-0.3, -0.25) is 0 Å². The van der Waals surface area contributed by atoms with E-state index in [1.54, 1.807) is 12.1 Å². The van der Waals surface area contributed by atoms with Gasteiger partial charge in [0.1, 0.15) is 46.7 Å². The van der Waals surface area contributed by atoms with Crippen molar-refractivity contribution < 1.29 is 181 Å². The molecule has 135 heavy (non-hydrogen) atoms. The molecule has 0 aliphatic heterocycles. The van der Waals surface area contributed by atoms with E-state index in [1.165, 1.54) is 141 Å². The monoisotopic (exact) mass is 2400 g/mol. The molecule has 11 rings (SSSR count). The van der Waals surface area contributed by atoms with Crippen molar-refractivity contribution in [2.45, 2.75) is 256 Å². The van der Waals surface area contributed by atoms with Gasteiger partial charge in [0.05, 0.1) is 23.0 Å². The summed E-state index contributed by atoms with van der Waals surface area (Å²) in [6, 6.07) is 87.0. The summed E-state index contributed by atoms with van der Waals surface area (Å²) in [6.07, 6.45) is 19.0. The first kappa shape index (κ1) is 120. The van der Waals surface area contributed by atoms with Crippen molar-refractivity contribution in [1.82, 2.24) is 0 Å². The molecule has 11 aromatic rings. The highest BCUT2D eigenvalue weighted by molar-refractivity contribution is 7.86. The van der Waals surface area contributed by atoms with E-state index in [-0.39, 0.29) is 117 Å². The van der Waals surface area contributed by atoms with Gasteiger partial charge in [-0.1, -0.05) is 282 Å². The van der Waals surface area contributed by atoms with Gasteiger partial charge in [-0.2, -0.15) is 13.2 Å². The molecular formula is C105H126F8I4O14S4. The lowest BCUT2D eigenvalue weighted by Crippen LogP contribution is -3.61. The summed E-state index contributed by atoms with van der Waals surface area (Å²) in [5, 5.41) is 0. The minimum absolute atomic E-state index is 0.00919. The number of hydrogen-bond donors (Lipinski definition) is 0. The highest BCUT2D eigenvalue weighted by atomic mass is 127. The SMILES string of the molecule is CC(C)c1cc(C(C)C)c(S(=O)(=O)[O-])c(C(C)C)c1.CCC(C)(C)c1ccc([I+]c2ccc(C(C)(C)CC)cc2)cc1.CCCCCCOc1ccc([I+]c2ccc(CCCCCC)cc2)cc1.CCCCCCOc1ccc([I+]c2ccccc2)cc1.Cc1ccc(S(=O)(=O)[O-])cc1.O=S(=O)([O-])C(F)(F)F.O=S(=O)([O-])c1c(F)c(F)c(F)c(F)c1F.c1ccc([I+]c2ccccc2)cc1. The summed E-state index contributed by atoms with van der Waals surface area (Å²) < 4.78 is 241. The zero-order chi connectivity index (χ0) is 101. The van der Waals surface area contributed by atoms with Crippen molar-refractivity contribution >= 4 is 40.5 Å². The maximum Gasteiger partial charge on any atom is 0.485 e. The van der Waals surface area contributed by atoms with Crippen LogP contribution in [0.25, 0.3) is 0 Å². The van der Waals surface area contributed by atoms with E-state index in [4.69, 9.17) is 22.4 Å². The second kappa shape index (κ2) is 60.2. The van der Waals surface area contributed by atoms with Crippen LogP contribution in [0, 0.1) is 64.6 Å². The third-order valence-corrected chi connectivity index (χ3v) is 34.8. The van der Waals surface area contributed by atoms with Gasteiger partial charge < -0.3 is 27.7 Å². The van der Waals surface area contributed by atoms with E-state index < -0.39 is 80.0 Å². The Hall–Kier alpha value is -6.98. The fourth-order valence-corrected chi connectivity index (χ4v) is 23.1. The molecule has 30 heteroatoms. The molecule has 0 N–H and O–H groups in total. The Bertz CT molecular complexity index is 5630. The van der Waals surface area contributed by atoms with E-state index in [1.807, 2.05) is 46.8 Å². The van der Waals surface area contributed by atoms with Crippen LogP contribution in [0.1, 0.15) is 250 Å². The first-order chi connectivity index (χ1) is 63.4. The number of aryl methyl sites for hydroxylation is 2. The van der Waals surface area contributed by atoms with E-state index in [0.717, 1.165) is 48.7 Å². The van der Waals surface area contributed by atoms with Crippen LogP contribution in [-0.2, 0) is 57.7 Å². The minimum atomic E-state index is -6.09. The van der Waals surface area contributed by atoms with E-state index >= 15 is 0 Å². The highest BCUT2D eigenvalue weighted by Crippen LogP contribution is 2.36. The van der Waals surface area contributed by atoms with Crippen molar-refractivity contribution in [2.24, 2.45) is 0 Å². The normalized spacial score (nSPS) is 11.6. The fourth-order valence-electron chi connectivity index (χ4n) is 12.1. The number of benzene rings is 11. The van der Waals surface area contributed by atoms with Gasteiger partial charge in [0.2, 0.25) is 5.82 Å². The number of ether oxygens (including phenoxy) is 2. The molecule has 0 spiro atoms. The van der Waals surface area contributed by atoms with Crippen LogP contribution in [0.2, 0.25) is 0 Å². The largest absolute Gasteiger partial charge is 0.744 e. The maximum atomic E-state index is 12.6. The van der Waals surface area contributed by atoms with E-state index in [0.29, 0.717) is 17.0 Å². The lowest BCUT2D eigenvalue weighted by Gasteiger charge is -2.24. The summed E-state index contributed by atoms with van der Waals surface area (Å²) in [5.74, 6) is -10.5. The van der Waals surface area contributed by atoms with Gasteiger partial charge in [0, 0.05) is 0 Å². The molecule has 0 amide bonds. The number of unbranched alkanes of at least 4 members (excludes halogenated alkanes) is 9. The quantitative estimate of drug-likeness (QED) is 0.00682. The zero-order valence-corrected chi connectivity index (χ0v) is 91.2. The second-order valence-corrected chi connectivity index (χ2v) is 50.9. The molecule has 0 aliphatic carbocycles. The smallest absolute Gasteiger partial charge is 0.485 e. The van der Waals surface area contributed by atoms with Crippen molar-refractivity contribution in [1.29, 1.82) is 0 Å². The van der Waals surface area contributed by atoms with E-state index in [2.05, 4.69) is 288 Å². The van der Waals surface area contributed by atoms with Gasteiger partial charge in [0.25, 0.3) is 0 Å². The van der Waals surface area contributed by atoms with Gasteiger partial charge >= 0.3 is 90.3 Å². The number of alkyl halides is 3. The van der Waals surface area contributed by atoms with Crippen LogP contribution in [0.15, 0.2) is 263 Å². The molecule has 11 aromatic carbocycles. The molecule has 0 aliphatic rings. The molecule has 738 valence electrons. The number of rotatable bonds is 35. The molecule has 0 unspecified atom stereocenters. The summed E-state index contributed by atoms with van der Waals surface area (Å²) in [4.78, 5) is -2.57. The molecule has 0 saturated carbocycles. The van der Waals surface area contributed by atoms with Crippen molar-refractivity contribution in [3.63, 3.8) is 0 Å². The van der Waals surface area contributed by atoms with Crippen LogP contribution in [-0.4, -0.2) is 70.6 Å². The van der Waals surface area contributed by atoms with Crippen molar-refractivity contribution in [2.75, 3.05) is 13.2 Å². The zero-order valence-electron chi connectivity index (χ0n) is 79.3. The summed E-state index contributed by atoms with van der Waals surface area (Å²) in [6.45, 7) is 35.9. The minimum Gasteiger partial charge on any atom is -0.744 e. The number of halogens is 12. The van der Waals surface area contributed by atoms with Crippen LogP contribution in [0.3, 0.4) is 0 Å². The molecule has 0 saturated heterocycles. The predicted octanol–water partition coefficient (Wildman–Crippen LogP) is 14.9. The molecule has 14 nitrogen and oxygen atoms in total. The number of hydrogen-bond acceptors (Lipinski definition) is 14. The van der Waals surface area contributed by atoms with Gasteiger partial charge in [-0.05, 0) is 241 Å². The van der Waals surface area contributed by atoms with Crippen LogP contribution < -0.4 is 94.3 Å². The first-order valence-electron chi connectivity index (χ1n) is 44.6. The Morgan fingerprint density at radius 1 is 0.333 bits per heavy atom. The molecular weight excluding hydrogens is 2270 g/mol. The third-order valence-electron chi connectivity index (χ3n) is 20.8. The maximum absolute atomic E-state index is 12.6. The Balaban J connectivity index is 0.000000329.